The monoisotopic (exact) mass is 1060 g/mol. The second-order valence-corrected chi connectivity index (χ2v) is 18.0. The molecule has 0 radical (unpaired) electrons. The zero-order chi connectivity index (χ0) is 51.8. The summed E-state index contributed by atoms with van der Waals surface area (Å²) in [7, 11) is -12.8. The number of azo groups is 2. The van der Waals surface area contributed by atoms with Crippen molar-refractivity contribution in [3.63, 3.8) is 0 Å². The van der Waals surface area contributed by atoms with Crippen molar-refractivity contribution >= 4 is 127 Å². The molecule has 0 aliphatic heterocycles. The molecule has 0 bridgehead atoms. The molecule has 1 heterocycles. The Morgan fingerprint density at radius 3 is 1.69 bits per heavy atom. The molecule has 0 saturated heterocycles. The van der Waals surface area contributed by atoms with E-state index in [4.69, 9.17) is 32.8 Å². The van der Waals surface area contributed by atoms with Crippen LogP contribution in [0.1, 0.15) is 0 Å². The lowest BCUT2D eigenvalue weighted by atomic mass is 10.1. The first kappa shape index (κ1) is 52.3. The van der Waals surface area contributed by atoms with Crippen molar-refractivity contribution in [3.05, 3.63) is 91.0 Å². The van der Waals surface area contributed by atoms with Crippen LogP contribution in [0.2, 0.25) is 0 Å². The highest BCUT2D eigenvalue weighted by molar-refractivity contribution is 7.86. The first-order valence-electron chi connectivity index (χ1n) is 19.5. The van der Waals surface area contributed by atoms with Crippen molar-refractivity contribution in [2.75, 3.05) is 53.3 Å². The molecule has 32 heteroatoms. The van der Waals surface area contributed by atoms with E-state index >= 15 is 0 Å². The highest BCUT2D eigenvalue weighted by atomic mass is 32.2. The highest BCUT2D eigenvalue weighted by Crippen LogP contribution is 2.43. The van der Waals surface area contributed by atoms with Crippen molar-refractivity contribution in [2.45, 2.75) is 9.79 Å². The van der Waals surface area contributed by atoms with Crippen LogP contribution in [0, 0.1) is 0 Å². The van der Waals surface area contributed by atoms with Crippen LogP contribution >= 0.6 is 0 Å². The summed E-state index contributed by atoms with van der Waals surface area (Å²) in [4.78, 5) is 13.3. The van der Waals surface area contributed by atoms with Crippen molar-refractivity contribution in [1.82, 2.24) is 15.0 Å². The Kier molecular flexibility index (Phi) is 16.3. The van der Waals surface area contributed by atoms with Gasteiger partial charge in [0.05, 0.1) is 45.9 Å². The molecule has 6 aromatic carbocycles. The van der Waals surface area contributed by atoms with Gasteiger partial charge in [0, 0.05) is 36.6 Å². The van der Waals surface area contributed by atoms with Gasteiger partial charge in [0.25, 0.3) is 20.2 Å². The molecule has 0 spiro atoms. The number of hydrogen-bond acceptors (Lipinski definition) is 25. The van der Waals surface area contributed by atoms with Crippen LogP contribution in [0.4, 0.5) is 63.3 Å². The molecule has 0 saturated carbocycles. The van der Waals surface area contributed by atoms with Crippen molar-refractivity contribution in [3.8, 4) is 17.2 Å². The number of nitrogens with zero attached hydrogens (tertiary/aromatic N) is 8. The highest BCUT2D eigenvalue weighted by Gasteiger charge is 2.21. The van der Waals surface area contributed by atoms with Gasteiger partial charge in [0.2, 0.25) is 17.8 Å². The molecule has 0 amide bonds. The fraction of sp³-hybridized carbons (Fsp3) is 0.103. The van der Waals surface area contributed by atoms with Crippen LogP contribution in [-0.4, -0.2) is 109 Å². The van der Waals surface area contributed by atoms with E-state index in [1.165, 1.54) is 41.3 Å². The second-order valence-electron chi connectivity index (χ2n) is 14.1. The van der Waals surface area contributed by atoms with Gasteiger partial charge in [0.15, 0.2) is 0 Å². The quantitative estimate of drug-likeness (QED) is 0.0251. The number of nitrogens with two attached hydrogens (primary N) is 2. The Labute approximate surface area is 404 Å². The second kappa shape index (κ2) is 22.1. The number of benzene rings is 6. The van der Waals surface area contributed by atoms with Crippen LogP contribution in [0.3, 0.4) is 0 Å². The molecule has 0 aliphatic carbocycles. The van der Waals surface area contributed by atoms with Gasteiger partial charge in [-0.15, -0.1) is 28.0 Å². The molecule has 0 aliphatic rings. The molecule has 0 fully saturated rings. The normalized spacial score (nSPS) is 12.2. The molecular formula is C39H36N12O16S4. The Morgan fingerprint density at radius 2 is 1.15 bits per heavy atom. The number of anilines is 7. The fourth-order valence-electron chi connectivity index (χ4n) is 6.46. The average molecular weight is 1060 g/mol. The van der Waals surface area contributed by atoms with Crippen LogP contribution in [0.25, 0.3) is 21.5 Å². The molecule has 1 unspecified atom stereocenters. The Morgan fingerprint density at radius 1 is 0.634 bits per heavy atom. The summed E-state index contributed by atoms with van der Waals surface area (Å²) < 4.78 is 119. The van der Waals surface area contributed by atoms with Crippen LogP contribution in [0.15, 0.2) is 121 Å². The van der Waals surface area contributed by atoms with Crippen molar-refractivity contribution < 1.29 is 71.9 Å². The van der Waals surface area contributed by atoms with Crippen LogP contribution in [0.5, 0.6) is 17.2 Å². The lowest BCUT2D eigenvalue weighted by Gasteiger charge is -2.21. The average Bonchev–Trinajstić information content (AvgIpc) is 3.28. The molecule has 71 heavy (non-hydrogen) atoms. The number of fused-ring (bicyclic) bond motifs is 2. The summed E-state index contributed by atoms with van der Waals surface area (Å²) in [6.45, 7) is -0.703. The molecule has 7 aromatic rings. The van der Waals surface area contributed by atoms with Gasteiger partial charge in [-0.05, 0) is 77.5 Å². The van der Waals surface area contributed by atoms with Crippen molar-refractivity contribution in [1.29, 1.82) is 0 Å². The van der Waals surface area contributed by atoms with E-state index in [0.717, 1.165) is 24.3 Å². The minimum absolute atomic E-state index is 0.00600. The zero-order valence-corrected chi connectivity index (χ0v) is 38.9. The third kappa shape index (κ3) is 13.4. The van der Waals surface area contributed by atoms with E-state index < -0.39 is 63.4 Å². The maximum absolute atomic E-state index is 12.7. The van der Waals surface area contributed by atoms with E-state index in [1.807, 2.05) is 0 Å². The maximum Gasteiger partial charge on any atom is 0.425 e. The summed E-state index contributed by atoms with van der Waals surface area (Å²) in [5.74, 6) is -1.28. The molecule has 7 rings (SSSR count). The SMILES string of the molecule is Nc1ccc2cc(OS(=O)O)cc(O)c2c1N=Nc1ccc(Nc2nc(Nc3ccc(N=Nc4c(N)ccc5cc(S(=O)(=O)O)cc(O)c45)c(S(=O)(=O)O)c3)nc(N(CCO)CCO)n2)cc1.O=S(=O)=O. The minimum Gasteiger partial charge on any atom is -0.507 e. The minimum atomic E-state index is -5.01. The molecule has 1 aromatic heterocycles. The summed E-state index contributed by atoms with van der Waals surface area (Å²) in [5, 5.41) is 63.8. The summed E-state index contributed by atoms with van der Waals surface area (Å²) in [6, 6.07) is 20.0. The van der Waals surface area contributed by atoms with Gasteiger partial charge < -0.3 is 51.6 Å². The van der Waals surface area contributed by atoms with E-state index in [0.29, 0.717) is 16.8 Å². The van der Waals surface area contributed by atoms with Gasteiger partial charge in [-0.2, -0.15) is 41.1 Å². The smallest absolute Gasteiger partial charge is 0.425 e. The van der Waals surface area contributed by atoms with E-state index in [9.17, 15) is 50.6 Å². The number of aliphatic hydroxyl groups is 2. The number of nitrogens with one attached hydrogen (secondary N) is 2. The lowest BCUT2D eigenvalue weighted by Crippen LogP contribution is -2.31. The Hall–Kier alpha value is -8.08. The molecule has 1 atom stereocenters. The van der Waals surface area contributed by atoms with Crippen LogP contribution in [-0.2, 0) is 42.2 Å². The maximum atomic E-state index is 12.7. The number of nitrogen functional groups attached to an aromatic ring is 2. The van der Waals surface area contributed by atoms with E-state index in [2.05, 4.69) is 46.0 Å². The standard InChI is InChI=1S/C39H36N12O13S3.O3S/c40-27-8-1-20-15-25(64-65(56)57)18-30(54)33(20)35(27)49-47-23-5-3-22(4-6-23)42-37-44-38(46-39(45-37)51(11-13-52)12-14-53)43-24-7-10-29(32(17-24)67(61,62)63)48-50-36-28(41)9-2-21-16-26(66(58,59)60)19-31(55)34(21)36;1-4(2)3/h1-10,15-19,52-55H,11-14,40-41H2,(H,56,57)(H,58,59,60)(H,61,62,63)(H2,42,43,44,45,46);. The first-order valence-corrected chi connectivity index (χ1v) is 24.4. The number of aliphatic hydroxyl groups excluding tert-OH is 2. The number of phenols is 2. The number of aromatic hydroxyl groups is 2. The number of aromatic nitrogens is 3. The predicted octanol–water partition coefficient (Wildman–Crippen LogP) is 4.87. The number of phenolic OH excluding ortho intramolecular Hbond substituents is 2. The third-order valence-corrected chi connectivity index (χ3v) is 11.4. The zero-order valence-electron chi connectivity index (χ0n) is 35.7. The fourth-order valence-corrected chi connectivity index (χ4v) is 7.90. The van der Waals surface area contributed by atoms with Gasteiger partial charge >= 0.3 is 22.0 Å². The third-order valence-electron chi connectivity index (χ3n) is 9.40. The largest absolute Gasteiger partial charge is 0.507 e. The predicted molar refractivity (Wildman–Crippen MR) is 255 cm³/mol. The van der Waals surface area contributed by atoms with Crippen LogP contribution < -0.4 is 31.2 Å². The Bertz CT molecular complexity index is 3600. The molecule has 28 nitrogen and oxygen atoms in total. The van der Waals surface area contributed by atoms with Gasteiger partial charge in [-0.25, -0.2) is 0 Å². The van der Waals surface area contributed by atoms with Gasteiger partial charge in [0.1, 0.15) is 39.2 Å². The van der Waals surface area contributed by atoms with E-state index in [1.54, 1.807) is 30.3 Å². The molecular weight excluding hydrogens is 1020 g/mol. The topological polar surface area (TPSA) is 455 Å². The summed E-state index contributed by atoms with van der Waals surface area (Å²) >= 11 is -2.62. The summed E-state index contributed by atoms with van der Waals surface area (Å²) in [5.41, 5.74) is 12.7. The number of rotatable bonds is 17. The Balaban J connectivity index is 0.00000199. The molecule has 13 N–H and O–H groups in total. The van der Waals surface area contributed by atoms with Gasteiger partial charge in [-0.1, -0.05) is 12.1 Å². The molecule has 372 valence electrons. The summed E-state index contributed by atoms with van der Waals surface area (Å²) in [6.07, 6.45) is 0. The van der Waals surface area contributed by atoms with Gasteiger partial charge in [-0.3, -0.25) is 13.7 Å². The van der Waals surface area contributed by atoms with Crippen molar-refractivity contribution in [2.24, 2.45) is 20.5 Å². The first-order chi connectivity index (χ1) is 33.5. The number of hydrogen-bond donors (Lipinski definition) is 11. The van der Waals surface area contributed by atoms with E-state index in [-0.39, 0.29) is 100 Å². The lowest BCUT2D eigenvalue weighted by molar-refractivity contribution is 0.280.